The smallest absolute Gasteiger partial charge is 0.273 e. The van der Waals surface area contributed by atoms with Crippen LogP contribution in [-0.2, 0) is 12.8 Å². The number of nitrogens with two attached hydrogens (primary N) is 1. The summed E-state index contributed by atoms with van der Waals surface area (Å²) in [6.07, 6.45) is 1.14. The summed E-state index contributed by atoms with van der Waals surface area (Å²) in [5.74, 6) is -0.678. The number of nitro groups is 1. The molecule has 0 unspecified atom stereocenters. The quantitative estimate of drug-likeness (QED) is 0.680. The second-order valence-electron chi connectivity index (χ2n) is 4.59. The average Bonchev–Trinajstić information content (AvgIpc) is 2.46. The lowest BCUT2D eigenvalue weighted by molar-refractivity contribution is -0.385. The van der Waals surface area contributed by atoms with Crippen molar-refractivity contribution >= 4 is 23.2 Å². The molecule has 21 heavy (non-hydrogen) atoms. The summed E-state index contributed by atoms with van der Waals surface area (Å²) in [7, 11) is 0. The van der Waals surface area contributed by atoms with Crippen molar-refractivity contribution in [1.29, 1.82) is 0 Å². The molecule has 0 aliphatic heterocycles. The fourth-order valence-electron chi connectivity index (χ4n) is 2.03. The maximum atomic E-state index is 11.1. The lowest BCUT2D eigenvalue weighted by atomic mass is 10.0. The highest BCUT2D eigenvalue weighted by atomic mass is 35.5. The molecule has 2 N–H and O–H groups in total. The van der Waals surface area contributed by atoms with Gasteiger partial charge >= 0.3 is 0 Å². The van der Waals surface area contributed by atoms with Gasteiger partial charge in [0.1, 0.15) is 0 Å². The Morgan fingerprint density at radius 3 is 2.38 bits per heavy atom. The standard InChI is InChI=1S/C15H13ClN2O3/c16-13-7-2-10(3-8-13)1-4-11-5-6-12(15(17)19)9-14(11)18(20)21/h2-3,5-9H,1,4H2,(H2,17,19). The van der Waals surface area contributed by atoms with Crippen molar-refractivity contribution in [1.82, 2.24) is 0 Å². The van der Waals surface area contributed by atoms with Crippen molar-refractivity contribution in [2.24, 2.45) is 5.73 Å². The number of amides is 1. The topological polar surface area (TPSA) is 86.2 Å². The van der Waals surface area contributed by atoms with Gasteiger partial charge in [0.05, 0.1) is 4.92 Å². The zero-order chi connectivity index (χ0) is 15.4. The number of hydrogen-bond acceptors (Lipinski definition) is 3. The summed E-state index contributed by atoms with van der Waals surface area (Å²) >= 11 is 5.81. The van der Waals surface area contributed by atoms with E-state index in [-0.39, 0.29) is 11.3 Å². The third-order valence-corrected chi connectivity index (χ3v) is 3.41. The molecule has 2 aromatic carbocycles. The van der Waals surface area contributed by atoms with Crippen molar-refractivity contribution in [2.45, 2.75) is 12.8 Å². The third kappa shape index (κ3) is 3.79. The van der Waals surface area contributed by atoms with Gasteiger partial charge in [0.15, 0.2) is 0 Å². The van der Waals surface area contributed by atoms with Crippen LogP contribution in [-0.4, -0.2) is 10.8 Å². The van der Waals surface area contributed by atoms with Crippen LogP contribution >= 0.6 is 11.6 Å². The largest absolute Gasteiger partial charge is 0.366 e. The second-order valence-corrected chi connectivity index (χ2v) is 5.03. The highest BCUT2D eigenvalue weighted by Crippen LogP contribution is 2.22. The molecule has 0 saturated heterocycles. The van der Waals surface area contributed by atoms with Gasteiger partial charge in [-0.2, -0.15) is 0 Å². The number of rotatable bonds is 5. The molecule has 108 valence electrons. The minimum Gasteiger partial charge on any atom is -0.366 e. The molecule has 0 atom stereocenters. The Morgan fingerprint density at radius 2 is 1.81 bits per heavy atom. The maximum absolute atomic E-state index is 11.1. The molecule has 2 aromatic rings. The van der Waals surface area contributed by atoms with Crippen molar-refractivity contribution in [3.63, 3.8) is 0 Å². The summed E-state index contributed by atoms with van der Waals surface area (Å²) in [4.78, 5) is 21.7. The first-order chi connectivity index (χ1) is 9.97. The van der Waals surface area contributed by atoms with E-state index in [0.717, 1.165) is 5.56 Å². The van der Waals surface area contributed by atoms with Gasteiger partial charge in [-0.15, -0.1) is 0 Å². The van der Waals surface area contributed by atoms with Crippen LogP contribution in [0.1, 0.15) is 21.5 Å². The first-order valence-corrected chi connectivity index (χ1v) is 6.67. The zero-order valence-electron chi connectivity index (χ0n) is 11.1. The van der Waals surface area contributed by atoms with Gasteiger partial charge in [0.2, 0.25) is 5.91 Å². The predicted molar refractivity (Wildman–Crippen MR) is 80.5 cm³/mol. The van der Waals surface area contributed by atoms with E-state index in [1.165, 1.54) is 12.1 Å². The van der Waals surface area contributed by atoms with E-state index < -0.39 is 10.8 Å². The van der Waals surface area contributed by atoms with Crippen molar-refractivity contribution in [2.75, 3.05) is 0 Å². The number of primary amides is 1. The van der Waals surface area contributed by atoms with Gasteiger partial charge in [0, 0.05) is 22.2 Å². The Bertz CT molecular complexity index is 684. The van der Waals surface area contributed by atoms with Crippen LogP contribution in [0, 0.1) is 10.1 Å². The van der Waals surface area contributed by atoms with E-state index in [2.05, 4.69) is 0 Å². The Kier molecular flexibility index (Phi) is 4.55. The van der Waals surface area contributed by atoms with E-state index in [4.69, 9.17) is 17.3 Å². The highest BCUT2D eigenvalue weighted by Gasteiger charge is 2.16. The molecule has 6 heteroatoms. The highest BCUT2D eigenvalue weighted by molar-refractivity contribution is 6.30. The predicted octanol–water partition coefficient (Wildman–Crippen LogP) is 3.13. The summed E-state index contributed by atoms with van der Waals surface area (Å²) in [5.41, 5.74) is 6.80. The molecule has 1 amide bonds. The van der Waals surface area contributed by atoms with E-state index in [1.807, 2.05) is 12.1 Å². The van der Waals surface area contributed by atoms with E-state index in [0.29, 0.717) is 23.4 Å². The lowest BCUT2D eigenvalue weighted by Gasteiger charge is -2.05. The Balaban J connectivity index is 2.21. The summed E-state index contributed by atoms with van der Waals surface area (Å²) in [6, 6.07) is 11.6. The normalized spacial score (nSPS) is 10.3. The summed E-state index contributed by atoms with van der Waals surface area (Å²) < 4.78 is 0. The molecule has 5 nitrogen and oxygen atoms in total. The monoisotopic (exact) mass is 304 g/mol. The van der Waals surface area contributed by atoms with Gasteiger partial charge < -0.3 is 5.73 Å². The number of halogens is 1. The molecule has 0 spiro atoms. The van der Waals surface area contributed by atoms with Gasteiger partial charge in [-0.25, -0.2) is 0 Å². The molecule has 2 rings (SSSR count). The molecular weight excluding hydrogens is 292 g/mol. The van der Waals surface area contributed by atoms with Crippen LogP contribution in [0.4, 0.5) is 5.69 Å². The van der Waals surface area contributed by atoms with Crippen LogP contribution in [0.3, 0.4) is 0 Å². The summed E-state index contributed by atoms with van der Waals surface area (Å²) in [5, 5.41) is 11.7. The van der Waals surface area contributed by atoms with Crippen molar-refractivity contribution < 1.29 is 9.72 Å². The molecule has 0 bridgehead atoms. The third-order valence-electron chi connectivity index (χ3n) is 3.16. The second kappa shape index (κ2) is 6.37. The van der Waals surface area contributed by atoms with Crippen LogP contribution in [0.5, 0.6) is 0 Å². The molecule has 0 radical (unpaired) electrons. The van der Waals surface area contributed by atoms with E-state index in [1.54, 1.807) is 18.2 Å². The number of carbonyl (C=O) groups is 1. The van der Waals surface area contributed by atoms with E-state index >= 15 is 0 Å². The number of aryl methyl sites for hydroxylation is 2. The molecule has 0 saturated carbocycles. The molecule has 0 fully saturated rings. The van der Waals surface area contributed by atoms with Crippen LogP contribution in [0.25, 0.3) is 0 Å². The summed E-state index contributed by atoms with van der Waals surface area (Å²) in [6.45, 7) is 0. The Labute approximate surface area is 126 Å². The minimum absolute atomic E-state index is 0.0831. The van der Waals surface area contributed by atoms with Crippen molar-refractivity contribution in [3.8, 4) is 0 Å². The first kappa shape index (κ1) is 15.0. The molecular formula is C15H13ClN2O3. The molecule has 0 aliphatic carbocycles. The molecule has 0 aliphatic rings. The van der Waals surface area contributed by atoms with Gasteiger partial charge in [0.25, 0.3) is 5.69 Å². The van der Waals surface area contributed by atoms with Gasteiger partial charge in [-0.1, -0.05) is 29.8 Å². The van der Waals surface area contributed by atoms with Crippen LogP contribution < -0.4 is 5.73 Å². The fraction of sp³-hybridized carbons (Fsp3) is 0.133. The minimum atomic E-state index is -0.678. The van der Waals surface area contributed by atoms with Gasteiger partial charge in [-0.05, 0) is 36.6 Å². The Hall–Kier alpha value is -2.40. The first-order valence-electron chi connectivity index (χ1n) is 6.29. The average molecular weight is 305 g/mol. The van der Waals surface area contributed by atoms with Crippen molar-refractivity contribution in [3.05, 3.63) is 74.3 Å². The number of hydrogen-bond donors (Lipinski definition) is 1. The lowest BCUT2D eigenvalue weighted by Crippen LogP contribution is -2.11. The number of carbonyl (C=O) groups excluding carboxylic acids is 1. The molecule has 0 heterocycles. The number of nitro benzene ring substituents is 1. The van der Waals surface area contributed by atoms with Crippen LogP contribution in [0.2, 0.25) is 5.02 Å². The number of benzene rings is 2. The van der Waals surface area contributed by atoms with Gasteiger partial charge in [-0.3, -0.25) is 14.9 Å². The van der Waals surface area contributed by atoms with E-state index in [9.17, 15) is 14.9 Å². The zero-order valence-corrected chi connectivity index (χ0v) is 11.8. The Morgan fingerprint density at radius 1 is 1.14 bits per heavy atom. The fourth-order valence-corrected chi connectivity index (χ4v) is 2.15. The SMILES string of the molecule is NC(=O)c1ccc(CCc2ccc(Cl)cc2)c([N+](=O)[O-])c1. The maximum Gasteiger partial charge on any atom is 0.273 e. The molecule has 0 aromatic heterocycles. The van der Waals surface area contributed by atoms with Crippen LogP contribution in [0.15, 0.2) is 42.5 Å². The number of nitrogens with zero attached hydrogens (tertiary/aromatic N) is 1.